The molecule has 0 heterocycles. The lowest BCUT2D eigenvalue weighted by Gasteiger charge is -2.36. The van der Waals surface area contributed by atoms with Crippen LogP contribution in [0.4, 0.5) is 0 Å². The Morgan fingerprint density at radius 2 is 0.581 bits per heavy atom. The molecule has 0 unspecified atom stereocenters. The second-order valence-electron chi connectivity index (χ2n) is 11.5. The van der Waals surface area contributed by atoms with Crippen LogP contribution in [0.15, 0.2) is 0 Å². The predicted molar refractivity (Wildman–Crippen MR) is 170 cm³/mol. The van der Waals surface area contributed by atoms with Crippen LogP contribution >= 0.6 is 0 Å². The summed E-state index contributed by atoms with van der Waals surface area (Å²) in [6, 6.07) is 0. The summed E-state index contributed by atoms with van der Waals surface area (Å²) < 4.78 is 61.0. The Hall–Kier alpha value is -0.263. The van der Waals surface area contributed by atoms with Gasteiger partial charge in [0.25, 0.3) is 0 Å². The molecule has 260 valence electrons. The van der Waals surface area contributed by atoms with Crippen LogP contribution < -0.4 is 0 Å². The minimum Gasteiger partial charge on any atom is -0.414 e. The van der Waals surface area contributed by atoms with Crippen LogP contribution in [-0.2, 0) is 51.8 Å². The first-order chi connectivity index (χ1) is 20.7. The van der Waals surface area contributed by atoms with Gasteiger partial charge in [-0.25, -0.2) is 0 Å². The van der Waals surface area contributed by atoms with E-state index in [1.54, 1.807) is 0 Å². The Kier molecular flexibility index (Phi) is 30.2. The van der Waals surface area contributed by atoms with Crippen molar-refractivity contribution in [1.82, 2.24) is 4.90 Å². The minimum atomic E-state index is -1.69. The molecule has 43 heavy (non-hydrogen) atoms. The van der Waals surface area contributed by atoms with E-state index in [2.05, 4.69) is 38.8 Å². The average molecular weight is 644 g/mol. The molecule has 13 heteroatoms. The number of nitrogens with zero attached hydrogens (tertiary/aromatic N) is 1. The molecule has 0 aliphatic rings. The lowest BCUT2D eigenvalue weighted by atomic mass is 10.2. The topological polar surface area (TPSA) is 105 Å². The van der Waals surface area contributed by atoms with Gasteiger partial charge in [0.05, 0.1) is 139 Å². The smallest absolute Gasteiger partial charge is 0.192 e. The van der Waals surface area contributed by atoms with Gasteiger partial charge in [0.15, 0.2) is 8.32 Å². The average Bonchev–Trinajstić information content (AvgIpc) is 2.94. The molecular weight excluding hydrogens is 578 g/mol. The van der Waals surface area contributed by atoms with Crippen molar-refractivity contribution in [1.29, 1.82) is 0 Å². The first kappa shape index (κ1) is 42.7. The Balaban J connectivity index is 3.12. The Morgan fingerprint density at radius 3 is 0.791 bits per heavy atom. The van der Waals surface area contributed by atoms with Gasteiger partial charge in [0.1, 0.15) is 0 Å². The van der Waals surface area contributed by atoms with Crippen LogP contribution in [0.25, 0.3) is 0 Å². The molecule has 0 aliphatic carbocycles. The van der Waals surface area contributed by atoms with E-state index >= 15 is 0 Å². The summed E-state index contributed by atoms with van der Waals surface area (Å²) in [6.07, 6.45) is 0. The van der Waals surface area contributed by atoms with Crippen molar-refractivity contribution >= 4 is 8.32 Å². The maximum absolute atomic E-state index is 6.08. The van der Waals surface area contributed by atoms with E-state index in [0.717, 1.165) is 13.2 Å². The Labute approximate surface area is 263 Å². The Bertz CT molecular complexity index is 569. The third kappa shape index (κ3) is 31.5. The SMILES string of the molecule is CN(C)CCOCCOCCOCCOCCOCCOCCOCCOCCOCCOCCO[Si](C)(C)C(C)(C)C. The first-order valence-electron chi connectivity index (χ1n) is 15.7. The van der Waals surface area contributed by atoms with Crippen molar-refractivity contribution < 1.29 is 51.8 Å². The quantitative estimate of drug-likeness (QED) is 0.0761. The van der Waals surface area contributed by atoms with E-state index < -0.39 is 8.32 Å². The molecule has 0 aromatic carbocycles. The summed E-state index contributed by atoms with van der Waals surface area (Å²) in [5.41, 5.74) is 0. The molecule has 0 N–H and O–H groups in total. The van der Waals surface area contributed by atoms with E-state index in [1.807, 2.05) is 14.1 Å². The molecule has 0 radical (unpaired) electrons. The fourth-order valence-corrected chi connectivity index (χ4v) is 3.93. The Morgan fingerprint density at radius 1 is 0.372 bits per heavy atom. The second-order valence-corrected chi connectivity index (χ2v) is 16.3. The highest BCUT2D eigenvalue weighted by Crippen LogP contribution is 2.36. The molecule has 0 aromatic rings. The summed E-state index contributed by atoms with van der Waals surface area (Å²) in [4.78, 5) is 2.08. The zero-order valence-corrected chi connectivity index (χ0v) is 29.5. The van der Waals surface area contributed by atoms with E-state index in [1.165, 1.54) is 0 Å². The van der Waals surface area contributed by atoms with Gasteiger partial charge in [0.2, 0.25) is 0 Å². The highest BCUT2D eigenvalue weighted by molar-refractivity contribution is 6.74. The molecule has 0 aliphatic heterocycles. The third-order valence-corrected chi connectivity index (χ3v) is 11.1. The fraction of sp³-hybridized carbons (Fsp3) is 1.00. The highest BCUT2D eigenvalue weighted by Gasteiger charge is 2.36. The molecule has 0 rings (SSSR count). The number of rotatable bonds is 34. The summed E-state index contributed by atoms with van der Waals surface area (Å²) in [7, 11) is 2.35. The van der Waals surface area contributed by atoms with Crippen molar-refractivity contribution in [3.8, 4) is 0 Å². The zero-order valence-electron chi connectivity index (χ0n) is 28.5. The van der Waals surface area contributed by atoms with Crippen LogP contribution in [0.5, 0.6) is 0 Å². The number of ether oxygens (including phenoxy) is 10. The van der Waals surface area contributed by atoms with E-state index in [-0.39, 0.29) is 5.04 Å². The maximum atomic E-state index is 6.08. The summed E-state index contributed by atoms with van der Waals surface area (Å²) in [6.45, 7) is 23.8. The van der Waals surface area contributed by atoms with Crippen LogP contribution in [0.2, 0.25) is 18.1 Å². The molecule has 0 aromatic heterocycles. The normalized spacial score (nSPS) is 12.6. The van der Waals surface area contributed by atoms with E-state index in [4.69, 9.17) is 51.8 Å². The molecule has 0 fully saturated rings. The summed E-state index contributed by atoms with van der Waals surface area (Å²) in [5, 5.41) is 0.220. The van der Waals surface area contributed by atoms with Gasteiger partial charge in [-0.15, -0.1) is 0 Å². The van der Waals surface area contributed by atoms with Crippen molar-refractivity contribution in [2.24, 2.45) is 0 Å². The third-order valence-electron chi connectivity index (χ3n) is 6.53. The maximum Gasteiger partial charge on any atom is 0.192 e. The molecule has 0 atom stereocenters. The lowest BCUT2D eigenvalue weighted by Crippen LogP contribution is -2.41. The first-order valence-corrected chi connectivity index (χ1v) is 18.6. The van der Waals surface area contributed by atoms with Gasteiger partial charge in [-0.2, -0.15) is 0 Å². The fourth-order valence-electron chi connectivity index (χ4n) is 2.90. The summed E-state index contributed by atoms with van der Waals surface area (Å²) >= 11 is 0. The largest absolute Gasteiger partial charge is 0.414 e. The minimum absolute atomic E-state index is 0.220. The molecule has 0 spiro atoms. The van der Waals surface area contributed by atoms with Gasteiger partial charge in [-0.05, 0) is 32.2 Å². The lowest BCUT2D eigenvalue weighted by molar-refractivity contribution is -0.0268. The standard InChI is InChI=1S/C30H65NO11Si/c1-30(2,3)43(6,7)42-29-28-41-27-26-40-25-24-39-23-22-38-21-20-37-19-18-36-17-16-35-15-14-34-13-12-33-11-10-32-9-8-31(4)5/h8-29H2,1-7H3. The molecular formula is C30H65NO11Si. The number of hydrogen-bond donors (Lipinski definition) is 0. The van der Waals surface area contributed by atoms with Gasteiger partial charge in [0, 0.05) is 6.54 Å². The van der Waals surface area contributed by atoms with Gasteiger partial charge < -0.3 is 56.7 Å². The van der Waals surface area contributed by atoms with Gasteiger partial charge >= 0.3 is 0 Å². The zero-order chi connectivity index (χ0) is 31.9. The van der Waals surface area contributed by atoms with Crippen LogP contribution in [0, 0.1) is 0 Å². The van der Waals surface area contributed by atoms with Crippen molar-refractivity contribution in [3.05, 3.63) is 0 Å². The van der Waals surface area contributed by atoms with Crippen molar-refractivity contribution in [3.63, 3.8) is 0 Å². The molecule has 0 saturated carbocycles. The monoisotopic (exact) mass is 643 g/mol. The summed E-state index contributed by atoms with van der Waals surface area (Å²) in [5.74, 6) is 0. The van der Waals surface area contributed by atoms with Crippen molar-refractivity contribution in [2.45, 2.75) is 38.9 Å². The van der Waals surface area contributed by atoms with Crippen LogP contribution in [0.3, 0.4) is 0 Å². The molecule has 12 nitrogen and oxygen atoms in total. The van der Waals surface area contributed by atoms with Crippen molar-refractivity contribution in [2.75, 3.05) is 159 Å². The highest BCUT2D eigenvalue weighted by atomic mass is 28.4. The predicted octanol–water partition coefficient (Wildman–Crippen LogP) is 2.74. The van der Waals surface area contributed by atoms with Gasteiger partial charge in [-0.1, -0.05) is 20.8 Å². The van der Waals surface area contributed by atoms with Crippen LogP contribution in [-0.4, -0.2) is 173 Å². The number of likely N-dealkylation sites (N-methyl/N-ethyl adjacent to an activating group) is 1. The molecule has 0 bridgehead atoms. The van der Waals surface area contributed by atoms with Crippen LogP contribution in [0.1, 0.15) is 20.8 Å². The molecule has 0 amide bonds. The van der Waals surface area contributed by atoms with Gasteiger partial charge in [-0.3, -0.25) is 0 Å². The number of hydrogen-bond acceptors (Lipinski definition) is 12. The second kappa shape index (κ2) is 30.4. The van der Waals surface area contributed by atoms with E-state index in [9.17, 15) is 0 Å². The molecule has 0 saturated heterocycles. The van der Waals surface area contributed by atoms with E-state index in [0.29, 0.717) is 132 Å².